The summed E-state index contributed by atoms with van der Waals surface area (Å²) in [6.07, 6.45) is 2.05. The van der Waals surface area contributed by atoms with Gasteiger partial charge < -0.3 is 15.2 Å². The zero-order chi connectivity index (χ0) is 21.5. The van der Waals surface area contributed by atoms with E-state index < -0.39 is 28.9 Å². The van der Waals surface area contributed by atoms with Crippen LogP contribution in [0.4, 0.5) is 10.1 Å². The van der Waals surface area contributed by atoms with E-state index in [-0.39, 0.29) is 11.6 Å². The van der Waals surface area contributed by atoms with Gasteiger partial charge >= 0.3 is 5.97 Å². The van der Waals surface area contributed by atoms with E-state index in [1.54, 1.807) is 12.1 Å². The Hall–Kier alpha value is -2.67. The van der Waals surface area contributed by atoms with Gasteiger partial charge in [-0.3, -0.25) is 4.79 Å². The molecule has 152 valence electrons. The number of rotatable bonds is 4. The lowest BCUT2D eigenvalue weighted by Gasteiger charge is -2.33. The van der Waals surface area contributed by atoms with Crippen molar-refractivity contribution in [2.24, 2.45) is 5.92 Å². The molecule has 0 saturated carbocycles. The summed E-state index contributed by atoms with van der Waals surface area (Å²) in [5, 5.41) is 11.5. The number of ether oxygens (including phenoxy) is 1. The fraction of sp³-hybridized carbons (Fsp3) is 0.273. The molecule has 0 bridgehead atoms. The molecule has 2 aromatic rings. The monoisotopic (exact) mass is 461 g/mol. The molecule has 1 heterocycles. The Balaban J connectivity index is 1.96. The van der Waals surface area contributed by atoms with Gasteiger partial charge in [-0.05, 0) is 77.7 Å². The average molecular weight is 462 g/mol. The highest BCUT2D eigenvalue weighted by Gasteiger charge is 2.30. The van der Waals surface area contributed by atoms with Crippen molar-refractivity contribution in [2.45, 2.75) is 33.3 Å². The molecule has 2 aromatic carbocycles. The standard InChI is InChI=1S/C22H21BrFNO4/c1-11(2)16-10-22(3,4)29-19-15(16)7-12(8-17(19)23)20(26)25-13-5-6-14(21(27)28)18(24)9-13/h5-11H,1-4H3,(H,25,26)(H,27,28). The molecule has 1 aliphatic rings. The van der Waals surface area contributed by atoms with Gasteiger partial charge in [-0.25, -0.2) is 9.18 Å². The van der Waals surface area contributed by atoms with Crippen LogP contribution < -0.4 is 10.1 Å². The van der Waals surface area contributed by atoms with Gasteiger partial charge in [0.1, 0.15) is 17.2 Å². The average Bonchev–Trinajstić information content (AvgIpc) is 2.60. The van der Waals surface area contributed by atoms with Crippen LogP contribution in [-0.4, -0.2) is 22.6 Å². The highest BCUT2D eigenvalue weighted by molar-refractivity contribution is 9.10. The van der Waals surface area contributed by atoms with Crippen molar-refractivity contribution in [1.29, 1.82) is 0 Å². The number of hydrogen-bond acceptors (Lipinski definition) is 3. The summed E-state index contributed by atoms with van der Waals surface area (Å²) in [5.74, 6) is -1.82. The molecule has 0 spiro atoms. The lowest BCUT2D eigenvalue weighted by atomic mass is 9.87. The van der Waals surface area contributed by atoms with E-state index in [0.717, 1.165) is 23.3 Å². The van der Waals surface area contributed by atoms with Crippen molar-refractivity contribution in [3.05, 3.63) is 63.4 Å². The van der Waals surface area contributed by atoms with Crippen molar-refractivity contribution in [2.75, 3.05) is 5.32 Å². The predicted molar refractivity (Wildman–Crippen MR) is 113 cm³/mol. The number of nitrogens with one attached hydrogen (secondary N) is 1. The van der Waals surface area contributed by atoms with Crippen molar-refractivity contribution in [3.63, 3.8) is 0 Å². The summed E-state index contributed by atoms with van der Waals surface area (Å²) in [7, 11) is 0. The van der Waals surface area contributed by atoms with Crippen molar-refractivity contribution < 1.29 is 23.8 Å². The first kappa shape index (κ1) is 21.0. The molecule has 0 aromatic heterocycles. The summed E-state index contributed by atoms with van der Waals surface area (Å²) in [6.45, 7) is 8.09. The summed E-state index contributed by atoms with van der Waals surface area (Å²) < 4.78 is 20.6. The third-order valence-corrected chi connectivity index (χ3v) is 5.15. The van der Waals surface area contributed by atoms with Gasteiger partial charge in [-0.15, -0.1) is 0 Å². The Labute approximate surface area is 176 Å². The second-order valence-corrected chi connectivity index (χ2v) is 8.60. The topological polar surface area (TPSA) is 75.6 Å². The Morgan fingerprint density at radius 2 is 1.90 bits per heavy atom. The number of anilines is 1. The number of carbonyl (C=O) groups excluding carboxylic acids is 1. The van der Waals surface area contributed by atoms with Gasteiger partial charge in [-0.2, -0.15) is 0 Å². The van der Waals surface area contributed by atoms with E-state index in [1.807, 2.05) is 19.9 Å². The summed E-state index contributed by atoms with van der Waals surface area (Å²) in [5.41, 5.74) is 1.51. The second kappa shape index (κ2) is 7.63. The van der Waals surface area contributed by atoms with Crippen LogP contribution in [0.5, 0.6) is 5.75 Å². The van der Waals surface area contributed by atoms with Crippen LogP contribution in [0.1, 0.15) is 54.0 Å². The minimum atomic E-state index is -1.37. The number of carbonyl (C=O) groups is 2. The molecule has 5 nitrogen and oxygen atoms in total. The van der Waals surface area contributed by atoms with E-state index in [9.17, 15) is 14.0 Å². The quantitative estimate of drug-likeness (QED) is 0.607. The Morgan fingerprint density at radius 1 is 1.21 bits per heavy atom. The molecule has 0 unspecified atom stereocenters. The van der Waals surface area contributed by atoms with Crippen LogP contribution >= 0.6 is 15.9 Å². The summed E-state index contributed by atoms with van der Waals surface area (Å²) in [4.78, 5) is 23.7. The maximum Gasteiger partial charge on any atom is 0.338 e. The van der Waals surface area contributed by atoms with Gasteiger partial charge in [0.15, 0.2) is 0 Å². The van der Waals surface area contributed by atoms with Crippen LogP contribution in [-0.2, 0) is 0 Å². The van der Waals surface area contributed by atoms with Crippen LogP contribution in [0, 0.1) is 11.7 Å². The maximum atomic E-state index is 13.9. The minimum Gasteiger partial charge on any atom is -0.482 e. The van der Waals surface area contributed by atoms with Crippen LogP contribution in [0.3, 0.4) is 0 Å². The van der Waals surface area contributed by atoms with E-state index in [4.69, 9.17) is 9.84 Å². The third kappa shape index (κ3) is 4.34. The number of allylic oxidation sites excluding steroid dienone is 1. The Morgan fingerprint density at radius 3 is 2.48 bits per heavy atom. The zero-order valence-corrected chi connectivity index (χ0v) is 18.1. The molecule has 1 aliphatic heterocycles. The van der Waals surface area contributed by atoms with Gasteiger partial charge in [0, 0.05) is 16.8 Å². The summed E-state index contributed by atoms with van der Waals surface area (Å²) in [6, 6.07) is 6.85. The van der Waals surface area contributed by atoms with Crippen molar-refractivity contribution >= 4 is 39.1 Å². The Bertz CT molecular complexity index is 1040. The molecule has 1 amide bonds. The highest BCUT2D eigenvalue weighted by Crippen LogP contribution is 2.44. The number of aromatic carboxylic acids is 1. The lowest BCUT2D eigenvalue weighted by molar-refractivity contribution is 0.0691. The Kier molecular flexibility index (Phi) is 5.54. The van der Waals surface area contributed by atoms with Crippen LogP contribution in [0.25, 0.3) is 5.57 Å². The zero-order valence-electron chi connectivity index (χ0n) is 16.5. The molecule has 0 atom stereocenters. The molecule has 0 fully saturated rings. The van der Waals surface area contributed by atoms with Gasteiger partial charge in [0.05, 0.1) is 10.0 Å². The second-order valence-electron chi connectivity index (χ2n) is 7.75. The SMILES string of the molecule is CC(C)C1=CC(C)(C)Oc2c(Br)cc(C(=O)Nc3ccc(C(=O)O)c(F)c3)cc21. The fourth-order valence-corrected chi connectivity index (χ4v) is 3.78. The predicted octanol–water partition coefficient (Wildman–Crippen LogP) is 5.75. The van der Waals surface area contributed by atoms with Gasteiger partial charge in [0.25, 0.3) is 5.91 Å². The molecule has 29 heavy (non-hydrogen) atoms. The first-order valence-corrected chi connectivity index (χ1v) is 9.87. The van der Waals surface area contributed by atoms with E-state index in [2.05, 4.69) is 35.1 Å². The van der Waals surface area contributed by atoms with E-state index >= 15 is 0 Å². The molecule has 7 heteroatoms. The van der Waals surface area contributed by atoms with Crippen LogP contribution in [0.15, 0.2) is 40.9 Å². The van der Waals surface area contributed by atoms with E-state index in [1.165, 1.54) is 6.07 Å². The first-order valence-electron chi connectivity index (χ1n) is 9.08. The number of hydrogen-bond donors (Lipinski definition) is 2. The molecular weight excluding hydrogens is 441 g/mol. The molecule has 2 N–H and O–H groups in total. The minimum absolute atomic E-state index is 0.170. The fourth-order valence-electron chi connectivity index (χ4n) is 3.23. The van der Waals surface area contributed by atoms with Crippen molar-refractivity contribution in [3.8, 4) is 5.75 Å². The highest BCUT2D eigenvalue weighted by atomic mass is 79.9. The molecule has 3 rings (SSSR count). The van der Waals surface area contributed by atoms with Crippen LogP contribution in [0.2, 0.25) is 0 Å². The van der Waals surface area contributed by atoms with Gasteiger partial charge in [-0.1, -0.05) is 13.8 Å². The number of carboxylic acid groups (broad SMARTS) is 1. The number of amides is 1. The first-order chi connectivity index (χ1) is 13.5. The normalized spacial score (nSPS) is 14.7. The smallest absolute Gasteiger partial charge is 0.338 e. The largest absolute Gasteiger partial charge is 0.482 e. The lowest BCUT2D eigenvalue weighted by Crippen LogP contribution is -2.30. The number of halogens is 2. The van der Waals surface area contributed by atoms with Crippen molar-refractivity contribution in [1.82, 2.24) is 0 Å². The maximum absolute atomic E-state index is 13.9. The molecule has 0 saturated heterocycles. The molecular formula is C22H21BrFNO4. The molecule has 0 radical (unpaired) electrons. The van der Waals surface area contributed by atoms with E-state index in [0.29, 0.717) is 15.8 Å². The van der Waals surface area contributed by atoms with Gasteiger partial charge in [0.2, 0.25) is 0 Å². The third-order valence-electron chi connectivity index (χ3n) is 4.56. The number of fused-ring (bicyclic) bond motifs is 1. The number of carboxylic acids is 1. The summed E-state index contributed by atoms with van der Waals surface area (Å²) >= 11 is 3.49. The molecule has 0 aliphatic carbocycles. The number of benzene rings is 2.